The molecule has 0 radical (unpaired) electrons. The number of rotatable bonds is 12. The zero-order valence-electron chi connectivity index (χ0n) is 22.7. The van der Waals surface area contributed by atoms with Crippen molar-refractivity contribution >= 4 is 23.5 Å². The summed E-state index contributed by atoms with van der Waals surface area (Å²) < 4.78 is 11.5. The molecule has 0 saturated carbocycles. The maximum atomic E-state index is 12.8. The summed E-state index contributed by atoms with van der Waals surface area (Å²) in [6.45, 7) is 10.1. The number of nitrogens with one attached hydrogen (secondary N) is 1. The largest absolute Gasteiger partial charge is 0.493 e. The van der Waals surface area contributed by atoms with Gasteiger partial charge in [-0.1, -0.05) is 49.2 Å². The Balaban J connectivity index is 1.63. The molecule has 2 N–H and O–H groups in total. The van der Waals surface area contributed by atoms with Gasteiger partial charge in [0.1, 0.15) is 11.5 Å². The van der Waals surface area contributed by atoms with Gasteiger partial charge in [-0.2, -0.15) is 0 Å². The number of carbonyl (C=O) groups excluding carboxylic acids is 1. The fraction of sp³-hybridized carbons (Fsp3) is 0.355. The van der Waals surface area contributed by atoms with Crippen molar-refractivity contribution in [3.05, 3.63) is 81.9 Å². The summed E-state index contributed by atoms with van der Waals surface area (Å²) in [4.78, 5) is 24.3. The number of halogens is 1. The summed E-state index contributed by atoms with van der Waals surface area (Å²) in [6, 6.07) is 17.2. The van der Waals surface area contributed by atoms with Crippen molar-refractivity contribution < 1.29 is 24.2 Å². The van der Waals surface area contributed by atoms with Gasteiger partial charge in [0, 0.05) is 11.6 Å². The lowest BCUT2D eigenvalue weighted by Crippen LogP contribution is -2.38. The van der Waals surface area contributed by atoms with Crippen LogP contribution in [-0.4, -0.2) is 35.7 Å². The van der Waals surface area contributed by atoms with Gasteiger partial charge < -0.3 is 19.9 Å². The third kappa shape index (κ3) is 7.51. The first-order valence-corrected chi connectivity index (χ1v) is 13.2. The average Bonchev–Trinajstić information content (AvgIpc) is 2.87. The maximum Gasteiger partial charge on any atom is 0.347 e. The van der Waals surface area contributed by atoms with Crippen LogP contribution >= 0.6 is 11.6 Å². The molecule has 38 heavy (non-hydrogen) atoms. The molecule has 0 aliphatic rings. The van der Waals surface area contributed by atoms with Crippen LogP contribution in [0.1, 0.15) is 60.7 Å². The Labute approximate surface area is 229 Å². The van der Waals surface area contributed by atoms with Crippen molar-refractivity contribution in [2.75, 3.05) is 13.2 Å². The smallest absolute Gasteiger partial charge is 0.347 e. The van der Waals surface area contributed by atoms with Gasteiger partial charge in [-0.15, -0.1) is 0 Å². The molecule has 0 heterocycles. The van der Waals surface area contributed by atoms with Crippen molar-refractivity contribution in [3.63, 3.8) is 0 Å². The van der Waals surface area contributed by atoms with Gasteiger partial charge in [0.05, 0.1) is 12.2 Å². The van der Waals surface area contributed by atoms with E-state index in [0.29, 0.717) is 41.7 Å². The van der Waals surface area contributed by atoms with Crippen LogP contribution in [0.25, 0.3) is 11.1 Å². The number of hydrogen-bond donors (Lipinski definition) is 2. The van der Waals surface area contributed by atoms with E-state index in [1.807, 2.05) is 38.1 Å². The summed E-state index contributed by atoms with van der Waals surface area (Å²) in [7, 11) is 0. The highest BCUT2D eigenvalue weighted by molar-refractivity contribution is 6.31. The normalized spacial score (nSPS) is 11.2. The molecule has 3 aromatic carbocycles. The first-order chi connectivity index (χ1) is 18.0. The van der Waals surface area contributed by atoms with Gasteiger partial charge in [-0.25, -0.2) is 4.79 Å². The van der Waals surface area contributed by atoms with E-state index in [9.17, 15) is 14.7 Å². The molecule has 3 aromatic rings. The molecule has 0 saturated heterocycles. The minimum Gasteiger partial charge on any atom is -0.493 e. The standard InChI is InChI=1S/C31H36ClNO5/c1-6-7-16-37-27-13-12-24(32)19-26(27)29(34)33-15-14-22-8-10-23(11-9-22)25-17-21(3)28(18-20(25)2)38-31(4,5)30(35)36/h8-13,17-19H,6-7,14-16H2,1-5H3,(H,33,34)(H,35,36). The Morgan fingerprint density at radius 3 is 2.34 bits per heavy atom. The molecule has 0 aromatic heterocycles. The third-order valence-corrected chi connectivity index (χ3v) is 6.54. The van der Waals surface area contributed by atoms with Gasteiger partial charge in [0.25, 0.3) is 5.91 Å². The fourth-order valence-electron chi connectivity index (χ4n) is 3.93. The van der Waals surface area contributed by atoms with Gasteiger partial charge >= 0.3 is 5.97 Å². The number of hydrogen-bond acceptors (Lipinski definition) is 4. The van der Waals surface area contributed by atoms with Crippen LogP contribution in [0.2, 0.25) is 5.02 Å². The van der Waals surface area contributed by atoms with E-state index in [0.717, 1.165) is 40.7 Å². The number of carboxylic acid groups (broad SMARTS) is 1. The van der Waals surface area contributed by atoms with E-state index in [1.54, 1.807) is 18.2 Å². The van der Waals surface area contributed by atoms with E-state index in [1.165, 1.54) is 13.8 Å². The van der Waals surface area contributed by atoms with Gasteiger partial charge in [-0.3, -0.25) is 4.79 Å². The molecule has 0 aliphatic heterocycles. The summed E-state index contributed by atoms with van der Waals surface area (Å²) in [5.74, 6) is -0.128. The molecule has 0 aliphatic carbocycles. The van der Waals surface area contributed by atoms with E-state index in [2.05, 4.69) is 24.4 Å². The van der Waals surface area contributed by atoms with E-state index >= 15 is 0 Å². The Kier molecular flexibility index (Phi) is 9.81. The molecule has 0 spiro atoms. The predicted octanol–water partition coefficient (Wildman–Crippen LogP) is 7.02. The monoisotopic (exact) mass is 537 g/mol. The van der Waals surface area contributed by atoms with Crippen LogP contribution in [0.15, 0.2) is 54.6 Å². The number of aryl methyl sites for hydroxylation is 2. The second-order valence-electron chi connectivity index (χ2n) is 9.90. The van der Waals surface area contributed by atoms with Crippen LogP contribution in [-0.2, 0) is 11.2 Å². The van der Waals surface area contributed by atoms with Crippen LogP contribution in [0.4, 0.5) is 0 Å². The number of carboxylic acids is 1. The summed E-state index contributed by atoms with van der Waals surface area (Å²) in [5, 5.41) is 12.8. The number of unbranched alkanes of at least 4 members (excludes halogenated alkanes) is 1. The molecule has 0 bridgehead atoms. The topological polar surface area (TPSA) is 84.9 Å². The van der Waals surface area contributed by atoms with Crippen molar-refractivity contribution in [1.82, 2.24) is 5.32 Å². The quantitative estimate of drug-likeness (QED) is 0.242. The minimum absolute atomic E-state index is 0.213. The van der Waals surface area contributed by atoms with Crippen molar-refractivity contribution in [1.29, 1.82) is 0 Å². The Hall–Kier alpha value is -3.51. The lowest BCUT2D eigenvalue weighted by atomic mass is 9.96. The average molecular weight is 538 g/mol. The Bertz CT molecular complexity index is 1280. The zero-order valence-corrected chi connectivity index (χ0v) is 23.4. The summed E-state index contributed by atoms with van der Waals surface area (Å²) >= 11 is 6.12. The van der Waals surface area contributed by atoms with Gasteiger partial charge in [0.15, 0.2) is 5.60 Å². The zero-order chi connectivity index (χ0) is 27.9. The van der Waals surface area contributed by atoms with E-state index in [4.69, 9.17) is 21.1 Å². The maximum absolute atomic E-state index is 12.8. The number of ether oxygens (including phenoxy) is 2. The van der Waals surface area contributed by atoms with Gasteiger partial charge in [0.2, 0.25) is 0 Å². The molecule has 202 valence electrons. The summed E-state index contributed by atoms with van der Waals surface area (Å²) in [6.07, 6.45) is 2.60. The van der Waals surface area contributed by atoms with E-state index < -0.39 is 11.6 Å². The number of amides is 1. The molecule has 7 heteroatoms. The van der Waals surface area contributed by atoms with Crippen molar-refractivity contribution in [3.8, 4) is 22.6 Å². The molecule has 0 fully saturated rings. The molecule has 0 atom stereocenters. The molecule has 3 rings (SSSR count). The molecule has 6 nitrogen and oxygen atoms in total. The number of aliphatic carboxylic acids is 1. The lowest BCUT2D eigenvalue weighted by Gasteiger charge is -2.23. The first kappa shape index (κ1) is 29.1. The first-order valence-electron chi connectivity index (χ1n) is 12.9. The van der Waals surface area contributed by atoms with Crippen molar-refractivity contribution in [2.45, 2.75) is 59.5 Å². The van der Waals surface area contributed by atoms with Gasteiger partial charge in [-0.05, 0) is 98.7 Å². The highest BCUT2D eigenvalue weighted by Gasteiger charge is 2.30. The lowest BCUT2D eigenvalue weighted by molar-refractivity contribution is -0.152. The van der Waals surface area contributed by atoms with Crippen LogP contribution in [0.3, 0.4) is 0 Å². The molecular weight excluding hydrogens is 502 g/mol. The second kappa shape index (κ2) is 12.8. The predicted molar refractivity (Wildman–Crippen MR) is 152 cm³/mol. The SMILES string of the molecule is CCCCOc1ccc(Cl)cc1C(=O)NCCc1ccc(-c2cc(C)c(OC(C)(C)C(=O)O)cc2C)cc1. The molecular formula is C31H36ClNO5. The number of benzene rings is 3. The summed E-state index contributed by atoms with van der Waals surface area (Å²) in [5.41, 5.74) is 4.18. The van der Waals surface area contributed by atoms with E-state index in [-0.39, 0.29) is 5.91 Å². The fourth-order valence-corrected chi connectivity index (χ4v) is 4.10. The third-order valence-electron chi connectivity index (χ3n) is 6.31. The molecule has 0 unspecified atom stereocenters. The Morgan fingerprint density at radius 1 is 0.974 bits per heavy atom. The second-order valence-corrected chi connectivity index (χ2v) is 10.3. The molecule has 1 amide bonds. The highest BCUT2D eigenvalue weighted by atomic mass is 35.5. The van der Waals surface area contributed by atoms with Crippen molar-refractivity contribution in [2.24, 2.45) is 0 Å². The van der Waals surface area contributed by atoms with Crippen LogP contribution in [0, 0.1) is 13.8 Å². The minimum atomic E-state index is -1.31. The Morgan fingerprint density at radius 2 is 1.68 bits per heavy atom. The van der Waals surface area contributed by atoms with Crippen LogP contribution < -0.4 is 14.8 Å². The highest BCUT2D eigenvalue weighted by Crippen LogP contribution is 2.32. The van der Waals surface area contributed by atoms with Crippen LogP contribution in [0.5, 0.6) is 11.5 Å². The number of carbonyl (C=O) groups is 2.